The minimum atomic E-state index is -1.15. The van der Waals surface area contributed by atoms with Crippen LogP contribution in [0.3, 0.4) is 0 Å². The molecule has 4 amide bonds. The van der Waals surface area contributed by atoms with Gasteiger partial charge in [-0.05, 0) is 71.4 Å². The number of nitrogens with zero attached hydrogens (tertiary/aromatic N) is 1. The van der Waals surface area contributed by atoms with Crippen molar-refractivity contribution in [1.82, 2.24) is 20.9 Å². The molecule has 0 saturated carbocycles. The zero-order valence-corrected chi connectivity index (χ0v) is 25.6. The number of likely N-dealkylation sites (tertiary alicyclic amines) is 1. The van der Waals surface area contributed by atoms with Gasteiger partial charge >= 0.3 is 12.1 Å². The van der Waals surface area contributed by atoms with Crippen LogP contribution in [0.2, 0.25) is 0 Å². The summed E-state index contributed by atoms with van der Waals surface area (Å²) in [5.74, 6) is -2.41. The molecule has 1 aromatic rings. The van der Waals surface area contributed by atoms with E-state index in [0.717, 1.165) is 0 Å². The van der Waals surface area contributed by atoms with Gasteiger partial charge in [-0.1, -0.05) is 34.1 Å². The van der Waals surface area contributed by atoms with Gasteiger partial charge in [-0.15, -0.1) is 0 Å². The number of carboxylic acids is 1. The molecule has 1 aromatic heterocycles. The summed E-state index contributed by atoms with van der Waals surface area (Å²) in [7, 11) is 0. The molecule has 1 fully saturated rings. The Labute approximate surface area is 241 Å². The van der Waals surface area contributed by atoms with Crippen LogP contribution in [-0.4, -0.2) is 69.6 Å². The third-order valence-corrected chi connectivity index (χ3v) is 7.17. The first-order chi connectivity index (χ1) is 19.0. The first kappa shape index (κ1) is 33.6. The zero-order valence-electron chi connectivity index (χ0n) is 25.6. The smallest absolute Gasteiger partial charge is 0.408 e. The molecule has 1 aliphatic heterocycles. The summed E-state index contributed by atoms with van der Waals surface area (Å²) in [5.41, 5.74) is -0.754. The number of rotatable bonds is 11. The Hall–Kier alpha value is -3.57. The van der Waals surface area contributed by atoms with Crippen LogP contribution in [-0.2, 0) is 23.9 Å². The van der Waals surface area contributed by atoms with E-state index in [0.29, 0.717) is 24.4 Å². The number of hydrogen-bond acceptors (Lipinski definition) is 7. The first-order valence-corrected chi connectivity index (χ1v) is 14.2. The van der Waals surface area contributed by atoms with Crippen LogP contribution in [0.15, 0.2) is 16.5 Å². The van der Waals surface area contributed by atoms with Crippen molar-refractivity contribution in [3.63, 3.8) is 0 Å². The molecule has 1 aliphatic rings. The average molecular weight is 579 g/mol. The largest absolute Gasteiger partial charge is 0.480 e. The Bertz CT molecular complexity index is 1110. The van der Waals surface area contributed by atoms with Gasteiger partial charge < -0.3 is 35.1 Å². The molecule has 0 spiro atoms. The van der Waals surface area contributed by atoms with Crippen molar-refractivity contribution in [2.45, 2.75) is 117 Å². The van der Waals surface area contributed by atoms with Gasteiger partial charge in [0.05, 0.1) is 6.04 Å². The lowest BCUT2D eigenvalue weighted by molar-refractivity contribution is -0.147. The van der Waals surface area contributed by atoms with Gasteiger partial charge in [0.2, 0.25) is 17.7 Å². The number of carbonyl (C=O) groups is 5. The molecule has 2 heterocycles. The summed E-state index contributed by atoms with van der Waals surface area (Å²) in [6.07, 6.45) is 0.458. The SMILES string of the molecule is CCC(C)C(NC(=O)[C@@H]1CC[C@H](c2ccc(C)o2)N1C(=O)C(NC(=O)C(C)NC(=O)OC(C)(C)C)C(C)C)C(=O)O. The Morgan fingerprint density at radius 3 is 2.15 bits per heavy atom. The second-order valence-electron chi connectivity index (χ2n) is 12.1. The summed E-state index contributed by atoms with van der Waals surface area (Å²) in [6.45, 7) is 15.4. The highest BCUT2D eigenvalue weighted by atomic mass is 16.6. The van der Waals surface area contributed by atoms with Crippen molar-refractivity contribution >= 4 is 29.8 Å². The number of amides is 4. The van der Waals surface area contributed by atoms with E-state index in [9.17, 15) is 29.1 Å². The summed E-state index contributed by atoms with van der Waals surface area (Å²) in [5, 5.41) is 17.5. The molecule has 0 radical (unpaired) electrons. The number of nitrogens with one attached hydrogen (secondary N) is 3. The topological polar surface area (TPSA) is 167 Å². The van der Waals surface area contributed by atoms with Crippen LogP contribution < -0.4 is 16.0 Å². The molecule has 6 atom stereocenters. The number of alkyl carbamates (subject to hydrolysis) is 1. The predicted molar refractivity (Wildman–Crippen MR) is 151 cm³/mol. The van der Waals surface area contributed by atoms with Crippen LogP contribution in [0, 0.1) is 18.8 Å². The van der Waals surface area contributed by atoms with Gasteiger partial charge in [0, 0.05) is 0 Å². The molecule has 4 unspecified atom stereocenters. The van der Waals surface area contributed by atoms with Crippen LogP contribution in [0.25, 0.3) is 0 Å². The van der Waals surface area contributed by atoms with Crippen molar-refractivity contribution in [1.29, 1.82) is 0 Å². The van der Waals surface area contributed by atoms with E-state index in [1.165, 1.54) is 11.8 Å². The Kier molecular flexibility index (Phi) is 11.4. The molecular weight excluding hydrogens is 532 g/mol. The second kappa shape index (κ2) is 13.9. The van der Waals surface area contributed by atoms with Crippen molar-refractivity contribution in [2.24, 2.45) is 11.8 Å². The summed E-state index contributed by atoms with van der Waals surface area (Å²) in [6, 6.07) is -1.21. The normalized spacial score (nSPS) is 20.1. The fourth-order valence-electron chi connectivity index (χ4n) is 4.72. The van der Waals surface area contributed by atoms with Crippen LogP contribution in [0.1, 0.15) is 92.2 Å². The van der Waals surface area contributed by atoms with E-state index in [1.54, 1.807) is 60.6 Å². The molecule has 2 rings (SSSR count). The minimum absolute atomic E-state index is 0.282. The molecule has 0 aliphatic carbocycles. The lowest BCUT2D eigenvalue weighted by Crippen LogP contribution is -2.59. The van der Waals surface area contributed by atoms with E-state index < -0.39 is 65.6 Å². The minimum Gasteiger partial charge on any atom is -0.480 e. The van der Waals surface area contributed by atoms with E-state index in [4.69, 9.17) is 9.15 Å². The van der Waals surface area contributed by atoms with E-state index in [1.807, 2.05) is 6.92 Å². The van der Waals surface area contributed by atoms with E-state index >= 15 is 0 Å². The fourth-order valence-corrected chi connectivity index (χ4v) is 4.72. The fraction of sp³-hybridized carbons (Fsp3) is 0.690. The number of aryl methyl sites for hydroxylation is 1. The average Bonchev–Trinajstić information content (AvgIpc) is 3.49. The summed E-state index contributed by atoms with van der Waals surface area (Å²) >= 11 is 0. The van der Waals surface area contributed by atoms with Gasteiger partial charge in [0.1, 0.15) is 41.3 Å². The Balaban J connectivity index is 2.34. The number of carbonyl (C=O) groups excluding carboxylic acids is 4. The zero-order chi connectivity index (χ0) is 31.2. The summed E-state index contributed by atoms with van der Waals surface area (Å²) in [4.78, 5) is 66.2. The Morgan fingerprint density at radius 1 is 1.02 bits per heavy atom. The van der Waals surface area contributed by atoms with Crippen LogP contribution in [0.4, 0.5) is 4.79 Å². The molecule has 12 heteroatoms. The van der Waals surface area contributed by atoms with Gasteiger partial charge in [-0.3, -0.25) is 14.4 Å². The molecular formula is C29H46N4O8. The molecule has 230 valence electrons. The van der Waals surface area contributed by atoms with Crippen LogP contribution >= 0.6 is 0 Å². The maximum absolute atomic E-state index is 14.1. The van der Waals surface area contributed by atoms with Crippen molar-refractivity contribution in [3.8, 4) is 0 Å². The number of carboxylic acid groups (broad SMARTS) is 1. The predicted octanol–water partition coefficient (Wildman–Crippen LogP) is 3.29. The van der Waals surface area contributed by atoms with E-state index in [-0.39, 0.29) is 18.3 Å². The molecule has 0 bridgehead atoms. The lowest BCUT2D eigenvalue weighted by Gasteiger charge is -2.35. The highest BCUT2D eigenvalue weighted by molar-refractivity contribution is 5.95. The lowest BCUT2D eigenvalue weighted by atomic mass is 9.98. The maximum Gasteiger partial charge on any atom is 0.408 e. The van der Waals surface area contributed by atoms with Gasteiger partial charge in [0.25, 0.3) is 0 Å². The highest BCUT2D eigenvalue weighted by Crippen LogP contribution is 2.38. The van der Waals surface area contributed by atoms with E-state index in [2.05, 4.69) is 16.0 Å². The van der Waals surface area contributed by atoms with Gasteiger partial charge in [0.15, 0.2) is 0 Å². The van der Waals surface area contributed by atoms with Gasteiger partial charge in [-0.25, -0.2) is 9.59 Å². The maximum atomic E-state index is 14.1. The summed E-state index contributed by atoms with van der Waals surface area (Å²) < 4.78 is 11.0. The third-order valence-electron chi connectivity index (χ3n) is 7.17. The van der Waals surface area contributed by atoms with Crippen molar-refractivity contribution in [3.05, 3.63) is 23.7 Å². The number of aliphatic carboxylic acids is 1. The molecule has 12 nitrogen and oxygen atoms in total. The quantitative estimate of drug-likeness (QED) is 0.310. The monoisotopic (exact) mass is 578 g/mol. The number of ether oxygens (including phenoxy) is 1. The first-order valence-electron chi connectivity index (χ1n) is 14.2. The van der Waals surface area contributed by atoms with Crippen molar-refractivity contribution < 1.29 is 38.2 Å². The molecule has 0 aromatic carbocycles. The van der Waals surface area contributed by atoms with Crippen molar-refractivity contribution in [2.75, 3.05) is 0 Å². The second-order valence-corrected chi connectivity index (χ2v) is 12.1. The molecule has 1 saturated heterocycles. The van der Waals surface area contributed by atoms with Crippen LogP contribution in [0.5, 0.6) is 0 Å². The van der Waals surface area contributed by atoms with Gasteiger partial charge in [-0.2, -0.15) is 0 Å². The molecule has 41 heavy (non-hydrogen) atoms. The molecule has 4 N–H and O–H groups in total. The number of furan rings is 1. The third kappa shape index (κ3) is 8.96. The Morgan fingerprint density at radius 2 is 1.66 bits per heavy atom. The number of hydrogen-bond donors (Lipinski definition) is 4. The highest BCUT2D eigenvalue weighted by Gasteiger charge is 2.46. The standard InChI is InChI=1S/C29H46N4O8/c1-10-16(4)23(27(37)38)32-25(35)20-13-12-19(21-14-11-17(5)40-21)33(20)26(36)22(15(2)3)31-24(34)18(6)30-28(39)41-29(7,8)9/h11,14-16,18-20,22-23H,10,12-13H2,1-9H3,(H,30,39)(H,31,34)(H,32,35)(H,37,38)/t16?,18?,19-,20+,22?,23?/m1/s1.